The van der Waals surface area contributed by atoms with Crippen LogP contribution in [0.2, 0.25) is 0 Å². The summed E-state index contributed by atoms with van der Waals surface area (Å²) >= 11 is 4.70. The fourth-order valence-corrected chi connectivity index (χ4v) is 5.81. The van der Waals surface area contributed by atoms with Crippen LogP contribution < -0.4 is 0 Å². The van der Waals surface area contributed by atoms with Crippen LogP contribution in [0.3, 0.4) is 0 Å². The number of nitrogens with zero attached hydrogens (tertiary/aromatic N) is 1. The lowest BCUT2D eigenvalue weighted by Gasteiger charge is -2.24. The standard InChI is InChI=1S/C29H36BrNO4S/c1-2-3-4-5-6-7-8-9-10-12-17-23-19-25(36-21-23)27(32)26(30)28(33)31-24(20-35-29(31)34)18-22-15-13-11-14-16-22/h11,13-16,19,21,24,26-27,32H,2-10,18,20H2,1H3/t24-,26-,27+/m0/s1. The van der Waals surface area contributed by atoms with E-state index in [2.05, 4.69) is 34.7 Å². The summed E-state index contributed by atoms with van der Waals surface area (Å²) in [6, 6.07) is 11.1. The van der Waals surface area contributed by atoms with Gasteiger partial charge >= 0.3 is 6.09 Å². The number of aliphatic hydroxyl groups is 1. The Morgan fingerprint density at radius 3 is 2.58 bits per heavy atom. The molecule has 2 heterocycles. The molecular formula is C29H36BrNO4S. The van der Waals surface area contributed by atoms with E-state index in [4.69, 9.17) is 4.74 Å². The predicted molar refractivity (Wildman–Crippen MR) is 148 cm³/mol. The van der Waals surface area contributed by atoms with Gasteiger partial charge in [-0.1, -0.05) is 110 Å². The molecule has 1 fully saturated rings. The molecule has 1 aliphatic rings. The van der Waals surface area contributed by atoms with Crippen molar-refractivity contribution in [3.63, 3.8) is 0 Å². The van der Waals surface area contributed by atoms with Crippen LogP contribution in [0.15, 0.2) is 41.8 Å². The number of aliphatic hydroxyl groups excluding tert-OH is 1. The normalized spacial score (nSPS) is 16.8. The van der Waals surface area contributed by atoms with Gasteiger partial charge in [-0.3, -0.25) is 4.79 Å². The molecule has 1 aromatic carbocycles. The number of unbranched alkanes of at least 4 members (excludes halogenated alkanes) is 8. The molecule has 0 spiro atoms. The summed E-state index contributed by atoms with van der Waals surface area (Å²) < 4.78 is 5.16. The van der Waals surface area contributed by atoms with E-state index in [9.17, 15) is 14.7 Å². The van der Waals surface area contributed by atoms with Crippen LogP contribution in [0.4, 0.5) is 4.79 Å². The van der Waals surface area contributed by atoms with E-state index in [1.165, 1.54) is 56.3 Å². The molecule has 0 radical (unpaired) electrons. The molecule has 2 aromatic rings. The second kappa shape index (κ2) is 15.2. The summed E-state index contributed by atoms with van der Waals surface area (Å²) in [7, 11) is 0. The molecule has 1 aliphatic heterocycles. The summed E-state index contributed by atoms with van der Waals surface area (Å²) in [5, 5.41) is 12.8. The number of thiophene rings is 1. The molecule has 0 bridgehead atoms. The van der Waals surface area contributed by atoms with E-state index in [1.807, 2.05) is 41.8 Å². The summed E-state index contributed by atoms with van der Waals surface area (Å²) in [6.07, 6.45) is 9.83. The minimum Gasteiger partial charge on any atom is -0.447 e. The molecule has 1 N–H and O–H groups in total. The average Bonchev–Trinajstić information content (AvgIpc) is 3.51. The molecule has 7 heteroatoms. The van der Waals surface area contributed by atoms with Gasteiger partial charge in [-0.25, -0.2) is 9.69 Å². The Labute approximate surface area is 227 Å². The van der Waals surface area contributed by atoms with Crippen molar-refractivity contribution in [3.05, 3.63) is 57.8 Å². The SMILES string of the molecule is CCCCCCCCCCC#Cc1csc([C@@H](O)[C@H](Br)C(=O)N2C(=O)OC[C@@H]2Cc2ccccc2)c1. The number of alkyl halides is 1. The van der Waals surface area contributed by atoms with Crippen LogP contribution in [0, 0.1) is 11.8 Å². The number of ether oxygens (including phenoxy) is 1. The molecule has 36 heavy (non-hydrogen) atoms. The summed E-state index contributed by atoms with van der Waals surface area (Å²) in [5.41, 5.74) is 1.85. The lowest BCUT2D eigenvalue weighted by molar-refractivity contribution is -0.130. The van der Waals surface area contributed by atoms with Crippen molar-refractivity contribution in [2.24, 2.45) is 0 Å². The number of hydrogen-bond donors (Lipinski definition) is 1. The van der Waals surface area contributed by atoms with Crippen molar-refractivity contribution in [2.75, 3.05) is 6.61 Å². The Morgan fingerprint density at radius 2 is 1.86 bits per heavy atom. The van der Waals surface area contributed by atoms with Crippen molar-refractivity contribution >= 4 is 39.3 Å². The van der Waals surface area contributed by atoms with Gasteiger partial charge in [0.25, 0.3) is 0 Å². The molecule has 1 aromatic heterocycles. The largest absolute Gasteiger partial charge is 0.447 e. The van der Waals surface area contributed by atoms with Crippen LogP contribution in [0.25, 0.3) is 0 Å². The quantitative estimate of drug-likeness (QED) is 0.159. The number of rotatable bonds is 13. The first-order valence-corrected chi connectivity index (χ1v) is 14.7. The average molecular weight is 575 g/mol. The molecule has 0 saturated carbocycles. The Bertz CT molecular complexity index is 1030. The topological polar surface area (TPSA) is 66.8 Å². The first-order chi connectivity index (χ1) is 17.5. The van der Waals surface area contributed by atoms with Gasteiger partial charge in [0.15, 0.2) is 0 Å². The number of carbonyl (C=O) groups is 2. The highest BCUT2D eigenvalue weighted by atomic mass is 79.9. The minimum atomic E-state index is -1.09. The van der Waals surface area contributed by atoms with E-state index in [0.717, 1.165) is 28.9 Å². The predicted octanol–water partition coefficient (Wildman–Crippen LogP) is 7.02. The minimum absolute atomic E-state index is 0.146. The number of cyclic esters (lactones) is 1. The van der Waals surface area contributed by atoms with Crippen LogP contribution in [-0.2, 0) is 16.0 Å². The van der Waals surface area contributed by atoms with E-state index < -0.39 is 29.0 Å². The fraction of sp³-hybridized carbons (Fsp3) is 0.517. The number of imide groups is 1. The third kappa shape index (κ3) is 8.47. The number of carbonyl (C=O) groups excluding carboxylic acids is 2. The zero-order valence-corrected chi connectivity index (χ0v) is 23.4. The maximum absolute atomic E-state index is 13.1. The van der Waals surface area contributed by atoms with Crippen molar-refractivity contribution in [1.82, 2.24) is 4.90 Å². The summed E-state index contributed by atoms with van der Waals surface area (Å²) in [6.45, 7) is 2.38. The van der Waals surface area contributed by atoms with Crippen molar-refractivity contribution in [1.29, 1.82) is 0 Å². The Kier molecular flexibility index (Phi) is 12.0. The zero-order chi connectivity index (χ0) is 25.8. The van der Waals surface area contributed by atoms with Gasteiger partial charge in [0.05, 0.1) is 6.04 Å². The summed E-state index contributed by atoms with van der Waals surface area (Å²) in [5.74, 6) is 5.89. The molecule has 1 saturated heterocycles. The Morgan fingerprint density at radius 1 is 1.17 bits per heavy atom. The molecule has 5 nitrogen and oxygen atoms in total. The number of halogens is 1. The second-order valence-electron chi connectivity index (χ2n) is 9.24. The van der Waals surface area contributed by atoms with Gasteiger partial charge in [0.1, 0.15) is 17.5 Å². The highest BCUT2D eigenvalue weighted by Gasteiger charge is 2.42. The highest BCUT2D eigenvalue weighted by molar-refractivity contribution is 9.10. The molecule has 194 valence electrons. The smallest absolute Gasteiger partial charge is 0.417 e. The monoisotopic (exact) mass is 573 g/mol. The van der Waals surface area contributed by atoms with Crippen LogP contribution in [-0.4, -0.2) is 39.5 Å². The highest BCUT2D eigenvalue weighted by Crippen LogP contribution is 2.31. The van der Waals surface area contributed by atoms with Gasteiger partial charge in [-0.05, 0) is 24.5 Å². The number of amides is 2. The number of benzene rings is 1. The zero-order valence-electron chi connectivity index (χ0n) is 21.0. The van der Waals surface area contributed by atoms with E-state index in [0.29, 0.717) is 11.3 Å². The number of hydrogen-bond acceptors (Lipinski definition) is 5. The Hall–Kier alpha value is -2.14. The van der Waals surface area contributed by atoms with Crippen molar-refractivity contribution in [3.8, 4) is 11.8 Å². The van der Waals surface area contributed by atoms with Crippen molar-refractivity contribution < 1.29 is 19.4 Å². The summed E-state index contributed by atoms with van der Waals surface area (Å²) in [4.78, 5) is 26.3. The Balaban J connectivity index is 1.48. The first kappa shape index (κ1) is 28.4. The van der Waals surface area contributed by atoms with E-state index in [1.54, 1.807) is 0 Å². The molecule has 2 amide bonds. The first-order valence-electron chi connectivity index (χ1n) is 12.9. The van der Waals surface area contributed by atoms with E-state index in [-0.39, 0.29) is 6.61 Å². The van der Waals surface area contributed by atoms with Gasteiger partial charge in [-0.2, -0.15) is 0 Å². The lowest BCUT2D eigenvalue weighted by atomic mass is 10.1. The third-order valence-electron chi connectivity index (χ3n) is 6.33. The van der Waals surface area contributed by atoms with Gasteiger partial charge < -0.3 is 9.84 Å². The van der Waals surface area contributed by atoms with Crippen LogP contribution in [0.1, 0.15) is 86.8 Å². The van der Waals surface area contributed by atoms with Crippen molar-refractivity contribution in [2.45, 2.75) is 88.1 Å². The van der Waals surface area contributed by atoms with Crippen LogP contribution in [0.5, 0.6) is 0 Å². The van der Waals surface area contributed by atoms with Gasteiger partial charge in [0.2, 0.25) is 5.91 Å². The van der Waals surface area contributed by atoms with Gasteiger partial charge in [-0.15, -0.1) is 11.3 Å². The maximum atomic E-state index is 13.1. The lowest BCUT2D eigenvalue weighted by Crippen LogP contribution is -2.45. The molecular weight excluding hydrogens is 538 g/mol. The fourth-order valence-electron chi connectivity index (χ4n) is 4.26. The molecule has 3 atom stereocenters. The van der Waals surface area contributed by atoms with E-state index >= 15 is 0 Å². The van der Waals surface area contributed by atoms with Crippen LogP contribution >= 0.6 is 27.3 Å². The molecule has 0 unspecified atom stereocenters. The maximum Gasteiger partial charge on any atom is 0.417 e. The van der Waals surface area contributed by atoms with Gasteiger partial charge in [0, 0.05) is 22.2 Å². The molecule has 3 rings (SSSR count). The second-order valence-corrected chi connectivity index (χ2v) is 11.2. The molecule has 0 aliphatic carbocycles. The third-order valence-corrected chi connectivity index (χ3v) is 8.22.